The molecular formula is C26H20N2O3S2. The Morgan fingerprint density at radius 3 is 2.36 bits per heavy atom. The van der Waals surface area contributed by atoms with E-state index < -0.39 is 5.78 Å². The number of thiophene rings is 1. The van der Waals surface area contributed by atoms with Crippen LogP contribution in [0.4, 0.5) is 0 Å². The number of carbonyl (C=O) groups excluding carboxylic acids is 1. The molecular weight excluding hydrogens is 452 g/mol. The highest BCUT2D eigenvalue weighted by molar-refractivity contribution is 7.08. The molecule has 0 radical (unpaired) electrons. The standard InChI is InChI=1S/C26H20N2O3S2/c1-16-5-4-6-17(2)23(16)28-25(30)22(13-18-11-12-32-15-18)33-26(28)21(14-27)24(29)19-7-9-20(31-3)10-8-19/h4-13,15H,1-3H3/b22-13-,26-21-. The fourth-order valence-corrected chi connectivity index (χ4v) is 5.31. The summed E-state index contributed by atoms with van der Waals surface area (Å²) in [5, 5.41) is 13.9. The van der Waals surface area contributed by atoms with E-state index in [4.69, 9.17) is 4.74 Å². The van der Waals surface area contributed by atoms with Crippen LogP contribution in [0.15, 0.2) is 64.1 Å². The van der Waals surface area contributed by atoms with Gasteiger partial charge in [0.05, 0.1) is 17.3 Å². The van der Waals surface area contributed by atoms with E-state index in [9.17, 15) is 14.9 Å². The van der Waals surface area contributed by atoms with Gasteiger partial charge in [-0.3, -0.25) is 14.2 Å². The van der Waals surface area contributed by atoms with Gasteiger partial charge >= 0.3 is 0 Å². The average Bonchev–Trinajstić information content (AvgIpc) is 3.44. The minimum atomic E-state index is -0.441. The first-order chi connectivity index (χ1) is 15.9. The van der Waals surface area contributed by atoms with Crippen molar-refractivity contribution >= 4 is 40.1 Å². The Bertz CT molecular complexity index is 1530. The number of methoxy groups -OCH3 is 1. The molecule has 4 rings (SSSR count). The third kappa shape index (κ3) is 4.31. The highest BCUT2D eigenvalue weighted by Crippen LogP contribution is 2.18. The maximum Gasteiger partial charge on any atom is 0.273 e. The largest absolute Gasteiger partial charge is 0.497 e. The Hall–Kier alpha value is -3.73. The third-order valence-corrected chi connectivity index (χ3v) is 7.03. The summed E-state index contributed by atoms with van der Waals surface area (Å²) in [6, 6.07) is 16.3. The van der Waals surface area contributed by atoms with Crippen molar-refractivity contribution in [3.05, 3.63) is 101 Å². The summed E-state index contributed by atoms with van der Waals surface area (Å²) >= 11 is 2.69. The van der Waals surface area contributed by atoms with Gasteiger partial charge < -0.3 is 4.74 Å². The van der Waals surface area contributed by atoms with E-state index in [0.29, 0.717) is 26.2 Å². The quantitative estimate of drug-likeness (QED) is 0.412. The number of thiazole rings is 1. The van der Waals surface area contributed by atoms with Gasteiger partial charge in [0.15, 0.2) is 0 Å². The first-order valence-corrected chi connectivity index (χ1v) is 11.9. The molecule has 0 amide bonds. The highest BCUT2D eigenvalue weighted by Gasteiger charge is 2.20. The van der Waals surface area contributed by atoms with Crippen LogP contribution in [0.25, 0.3) is 17.3 Å². The van der Waals surface area contributed by atoms with Crippen molar-refractivity contribution in [1.82, 2.24) is 4.57 Å². The Morgan fingerprint density at radius 1 is 1.09 bits per heavy atom. The fraction of sp³-hybridized carbons (Fsp3) is 0.115. The Morgan fingerprint density at radius 2 is 1.79 bits per heavy atom. The second-order valence-electron chi connectivity index (χ2n) is 7.40. The molecule has 2 aromatic heterocycles. The molecule has 2 heterocycles. The van der Waals surface area contributed by atoms with Crippen molar-refractivity contribution in [2.75, 3.05) is 7.11 Å². The second-order valence-corrected chi connectivity index (χ2v) is 9.21. The summed E-state index contributed by atoms with van der Waals surface area (Å²) < 4.78 is 7.45. The zero-order valence-electron chi connectivity index (χ0n) is 18.3. The summed E-state index contributed by atoms with van der Waals surface area (Å²) in [6.07, 6.45) is 1.80. The van der Waals surface area contributed by atoms with Gasteiger partial charge in [-0.15, -0.1) is 11.3 Å². The number of ketones is 1. The van der Waals surface area contributed by atoms with Gasteiger partial charge in [-0.1, -0.05) is 18.2 Å². The van der Waals surface area contributed by atoms with Crippen LogP contribution in [0.1, 0.15) is 27.0 Å². The minimum absolute atomic E-state index is 0.0742. The predicted octanol–water partition coefficient (Wildman–Crippen LogP) is 3.97. The molecule has 164 valence electrons. The van der Waals surface area contributed by atoms with Gasteiger partial charge in [0.2, 0.25) is 5.78 Å². The normalized spacial score (nSPS) is 12.4. The van der Waals surface area contributed by atoms with Crippen LogP contribution in [-0.4, -0.2) is 17.5 Å². The smallest absolute Gasteiger partial charge is 0.273 e. The number of aromatic nitrogens is 1. The van der Waals surface area contributed by atoms with Gasteiger partial charge in [-0.2, -0.15) is 16.6 Å². The topological polar surface area (TPSA) is 72.1 Å². The number of aryl methyl sites for hydroxylation is 2. The summed E-state index contributed by atoms with van der Waals surface area (Å²) in [5.74, 6) is 0.171. The van der Waals surface area contributed by atoms with E-state index in [2.05, 4.69) is 6.07 Å². The molecule has 0 unspecified atom stereocenters. The summed E-state index contributed by atoms with van der Waals surface area (Å²) in [6.45, 7) is 3.83. The monoisotopic (exact) mass is 472 g/mol. The van der Waals surface area contributed by atoms with Crippen LogP contribution in [0.3, 0.4) is 0 Å². The molecule has 0 saturated carbocycles. The van der Waals surface area contributed by atoms with Crippen molar-refractivity contribution in [1.29, 1.82) is 5.26 Å². The number of para-hydroxylation sites is 1. The van der Waals surface area contributed by atoms with E-state index in [0.717, 1.165) is 28.0 Å². The van der Waals surface area contributed by atoms with Crippen LogP contribution in [0, 0.1) is 25.2 Å². The average molecular weight is 473 g/mol. The summed E-state index contributed by atoms with van der Waals surface area (Å²) in [7, 11) is 1.55. The van der Waals surface area contributed by atoms with Crippen LogP contribution >= 0.6 is 22.7 Å². The van der Waals surface area contributed by atoms with Crippen LogP contribution in [-0.2, 0) is 0 Å². The van der Waals surface area contributed by atoms with E-state index >= 15 is 0 Å². The predicted molar refractivity (Wildman–Crippen MR) is 133 cm³/mol. The maximum absolute atomic E-state index is 13.6. The molecule has 4 aromatic rings. The van der Waals surface area contributed by atoms with Crippen LogP contribution in [0.2, 0.25) is 0 Å². The highest BCUT2D eigenvalue weighted by atomic mass is 32.1. The molecule has 0 N–H and O–H groups in total. The van der Waals surface area contributed by atoms with Crippen LogP contribution in [0.5, 0.6) is 5.75 Å². The Balaban J connectivity index is 2.07. The Kier molecular flexibility index (Phi) is 6.40. The molecule has 0 bridgehead atoms. The number of ether oxygens (including phenoxy) is 1. The number of hydrogen-bond acceptors (Lipinski definition) is 6. The molecule has 7 heteroatoms. The molecule has 5 nitrogen and oxygen atoms in total. The number of nitriles is 1. The lowest BCUT2D eigenvalue weighted by atomic mass is 10.0. The zero-order chi connectivity index (χ0) is 23.5. The number of rotatable bonds is 5. The molecule has 0 fully saturated rings. The van der Waals surface area contributed by atoms with Crippen molar-refractivity contribution < 1.29 is 9.53 Å². The van der Waals surface area contributed by atoms with E-state index in [1.54, 1.807) is 37.5 Å². The number of carbonyl (C=O) groups is 1. The third-order valence-electron chi connectivity index (χ3n) is 5.23. The number of benzene rings is 2. The lowest BCUT2D eigenvalue weighted by molar-refractivity contribution is 0.105. The lowest BCUT2D eigenvalue weighted by Gasteiger charge is -2.11. The molecule has 0 atom stereocenters. The fourth-order valence-electron chi connectivity index (χ4n) is 3.60. The van der Waals surface area contributed by atoms with Crippen molar-refractivity contribution in [2.45, 2.75) is 13.8 Å². The number of hydrogen-bond donors (Lipinski definition) is 0. The van der Waals surface area contributed by atoms with Crippen molar-refractivity contribution in [3.63, 3.8) is 0 Å². The number of nitrogens with zero attached hydrogens (tertiary/aromatic N) is 2. The molecule has 33 heavy (non-hydrogen) atoms. The maximum atomic E-state index is 13.6. The lowest BCUT2D eigenvalue weighted by Crippen LogP contribution is -2.32. The van der Waals surface area contributed by atoms with Gasteiger partial charge in [0, 0.05) is 5.56 Å². The zero-order valence-corrected chi connectivity index (χ0v) is 19.9. The molecule has 2 aromatic carbocycles. The van der Waals surface area contributed by atoms with E-state index in [-0.39, 0.29) is 11.1 Å². The Labute approximate surface area is 198 Å². The molecule has 0 aliphatic heterocycles. The second kappa shape index (κ2) is 9.41. The molecule has 0 aliphatic carbocycles. The number of Topliss-reactive ketones (excluding diaryl/α,β-unsaturated/α-hetero) is 1. The molecule has 0 spiro atoms. The van der Waals surface area contributed by atoms with Gasteiger partial charge in [0.25, 0.3) is 5.56 Å². The van der Waals surface area contributed by atoms with Gasteiger partial charge in [-0.05, 0) is 77.7 Å². The summed E-state index contributed by atoms with van der Waals surface area (Å²) in [5.41, 5.74) is 3.38. The van der Waals surface area contributed by atoms with Crippen molar-refractivity contribution in [2.24, 2.45) is 0 Å². The van der Waals surface area contributed by atoms with Crippen molar-refractivity contribution in [3.8, 4) is 17.5 Å². The van der Waals surface area contributed by atoms with Crippen LogP contribution < -0.4 is 19.5 Å². The SMILES string of the molecule is COc1ccc(C(=O)/C(C#N)=c2\s/c(=C\c3ccsc3)c(=O)n2-c2c(C)cccc2C)cc1. The molecule has 0 aliphatic rings. The van der Waals surface area contributed by atoms with E-state index in [1.807, 2.05) is 48.9 Å². The first-order valence-electron chi connectivity index (χ1n) is 10.1. The summed E-state index contributed by atoms with van der Waals surface area (Å²) in [4.78, 5) is 26.9. The van der Waals surface area contributed by atoms with Gasteiger partial charge in [-0.25, -0.2) is 0 Å². The van der Waals surface area contributed by atoms with E-state index in [1.165, 1.54) is 15.9 Å². The van der Waals surface area contributed by atoms with Gasteiger partial charge in [0.1, 0.15) is 22.1 Å². The molecule has 0 saturated heterocycles. The first kappa shape index (κ1) is 22.5. The minimum Gasteiger partial charge on any atom is -0.497 e.